The third-order valence-electron chi connectivity index (χ3n) is 9.59. The van der Waals surface area contributed by atoms with Gasteiger partial charge in [0, 0.05) is 44.7 Å². The molecule has 0 radical (unpaired) electrons. The topological polar surface area (TPSA) is 337 Å². The number of carbonyl (C=O) groups excluding carboxylic acids is 8. The lowest BCUT2D eigenvalue weighted by Gasteiger charge is -2.19. The molecule has 388 valence electrons. The summed E-state index contributed by atoms with van der Waals surface area (Å²) in [4.78, 5) is 112. The highest BCUT2D eigenvalue weighted by atomic mass is 19.3. The zero-order valence-corrected chi connectivity index (χ0v) is 40.2. The smallest absolute Gasteiger partial charge is 0.303 e. The Bertz CT molecular complexity index is 1400. The second kappa shape index (κ2) is 51.2. The monoisotopic (exact) mass is 960 g/mol. The van der Waals surface area contributed by atoms with Gasteiger partial charge in [-0.15, -0.1) is 0 Å². The van der Waals surface area contributed by atoms with Crippen molar-refractivity contribution in [1.82, 2.24) is 21.3 Å². The van der Waals surface area contributed by atoms with Crippen molar-refractivity contribution in [1.29, 1.82) is 1.45 Å². The van der Waals surface area contributed by atoms with E-state index in [4.69, 9.17) is 31.9 Å². The van der Waals surface area contributed by atoms with Crippen molar-refractivity contribution >= 4 is 59.2 Å². The Labute approximate surface area is 393 Å². The van der Waals surface area contributed by atoms with Crippen LogP contribution in [-0.4, -0.2) is 112 Å². The Morgan fingerprint density at radius 2 is 1.05 bits per heavy atom. The predicted molar refractivity (Wildman–Crippen MR) is 247 cm³/mol. The normalized spacial score (nSPS) is 12.0. The van der Waals surface area contributed by atoms with Gasteiger partial charge in [-0.25, -0.2) is 5.31 Å². The number of hydrogen-bond acceptors (Lipinski definition) is 12. The summed E-state index contributed by atoms with van der Waals surface area (Å²) in [5, 5.41) is 33.5. The molecule has 19 nitrogen and oxygen atoms in total. The van der Waals surface area contributed by atoms with E-state index in [1.165, 1.54) is 26.2 Å². The minimum Gasteiger partial charge on any atom is -0.481 e. The van der Waals surface area contributed by atoms with E-state index in [0.717, 1.165) is 64.2 Å². The molecule has 0 bridgehead atoms. The van der Waals surface area contributed by atoms with Crippen LogP contribution in [0.3, 0.4) is 0 Å². The van der Waals surface area contributed by atoms with E-state index in [1.807, 2.05) is 6.92 Å². The van der Waals surface area contributed by atoms with Gasteiger partial charge in [-0.1, -0.05) is 82.6 Å². The molecule has 0 aliphatic rings. The lowest BCUT2D eigenvalue weighted by atomic mass is 10.0. The number of carboxylic acid groups (broad SMARTS) is 2. The van der Waals surface area contributed by atoms with E-state index in [0.29, 0.717) is 38.6 Å². The van der Waals surface area contributed by atoms with Crippen molar-refractivity contribution in [3.8, 4) is 0 Å². The van der Waals surface area contributed by atoms with Crippen molar-refractivity contribution in [3.63, 3.8) is 0 Å². The lowest BCUT2D eigenvalue weighted by molar-refractivity contribution is -0.139. The summed E-state index contributed by atoms with van der Waals surface area (Å²) in [5.41, 5.74) is 5.55. The molecule has 0 aromatic heterocycles. The molecule has 0 fully saturated rings. The molecule has 0 aromatic carbocycles. The molecule has 0 saturated heterocycles. The number of aldehydes is 1. The molecule has 0 saturated carbocycles. The summed E-state index contributed by atoms with van der Waals surface area (Å²) in [6, 6.07) is -1.52. The molecule has 4 unspecified atom stereocenters. The highest BCUT2D eigenvalue weighted by Crippen LogP contribution is 2.09. The number of aliphatic carboxylic acids is 2. The maximum atomic E-state index is 12.5. The van der Waals surface area contributed by atoms with Crippen LogP contribution in [-0.2, 0) is 47.9 Å². The van der Waals surface area contributed by atoms with Crippen LogP contribution in [0.25, 0.3) is 0 Å². The molecule has 0 rings (SSSR count). The van der Waals surface area contributed by atoms with Crippen molar-refractivity contribution < 1.29 is 79.6 Å². The number of halogens is 2. The predicted octanol–water partition coefficient (Wildman–Crippen LogP) is 4.61. The largest absolute Gasteiger partial charge is 0.481 e. The summed E-state index contributed by atoms with van der Waals surface area (Å²) < 4.78 is 28.3. The number of carboxylic acids is 2. The summed E-state index contributed by atoms with van der Waals surface area (Å²) in [5.74, 6) is -3.36. The van der Waals surface area contributed by atoms with Crippen LogP contribution >= 0.6 is 0 Å². The molecule has 11 N–H and O–H groups in total. The SMILES string of the molecule is CC(=O)CCCCCC(NC(=O)CCC(=O)O)C(C)=O.CCCCCCC(N)C(C)=O.O.OF.[2H]C(=O)CCC(=O)NC(C)CCCCNC(=O)C(CCCCCC)NC(=O)CCC(=O)O.[2H]F. The average molecular weight is 960 g/mol. The average Bonchev–Trinajstić information content (AvgIpc) is 3.27. The first kappa shape index (κ1) is 67.8. The van der Waals surface area contributed by atoms with Crippen LogP contribution in [0.5, 0.6) is 0 Å². The number of nitrogens with two attached hydrogens (primary N) is 1. The minimum atomic E-state index is -1.06. The summed E-state index contributed by atoms with van der Waals surface area (Å²) in [6.07, 6.45) is 14.0. The number of rotatable bonds is 36. The highest BCUT2D eigenvalue weighted by molar-refractivity contribution is 5.89. The van der Waals surface area contributed by atoms with Gasteiger partial charge in [0.15, 0.2) is 5.78 Å². The van der Waals surface area contributed by atoms with Crippen molar-refractivity contribution in [2.45, 2.75) is 220 Å². The van der Waals surface area contributed by atoms with Gasteiger partial charge >= 0.3 is 11.9 Å². The van der Waals surface area contributed by atoms with Gasteiger partial charge < -0.3 is 52.3 Å². The number of Topliss-reactive ketones (excluding diaryl/α,β-unsaturated/α-hetero) is 3. The molecule has 0 aliphatic heterocycles. The maximum Gasteiger partial charge on any atom is 0.303 e. The number of ketones is 3. The number of unbranched alkanes of at least 4 members (excludes halogenated alkanes) is 9. The zero-order chi connectivity index (χ0) is 52.6. The molecule has 0 aromatic rings. The van der Waals surface area contributed by atoms with Crippen LogP contribution in [0.2, 0.25) is 0 Å². The van der Waals surface area contributed by atoms with Crippen LogP contribution in [0.1, 0.15) is 197 Å². The molecule has 21 heteroatoms. The van der Waals surface area contributed by atoms with Crippen LogP contribution in [0.4, 0.5) is 9.24 Å². The summed E-state index contributed by atoms with van der Waals surface area (Å²) >= 11 is 0. The van der Waals surface area contributed by atoms with E-state index in [1.54, 1.807) is 13.8 Å². The quantitative estimate of drug-likeness (QED) is 0.0314. The van der Waals surface area contributed by atoms with E-state index in [2.05, 4.69) is 36.6 Å². The Balaban J connectivity index is -0.000000227. The fourth-order valence-electron chi connectivity index (χ4n) is 5.78. The fourth-order valence-corrected chi connectivity index (χ4v) is 5.78. The maximum absolute atomic E-state index is 12.5. The molecule has 4 amide bonds. The van der Waals surface area contributed by atoms with Crippen LogP contribution in [0, 0.1) is 0 Å². The van der Waals surface area contributed by atoms with E-state index in [-0.39, 0.29) is 85.2 Å². The zero-order valence-electron chi connectivity index (χ0n) is 42.2. The van der Waals surface area contributed by atoms with E-state index >= 15 is 0 Å². The summed E-state index contributed by atoms with van der Waals surface area (Å²) in [7, 11) is 0. The number of hydrogen-bond donors (Lipinski definition) is 8. The number of carbonyl (C=O) groups is 10. The summed E-state index contributed by atoms with van der Waals surface area (Å²) in [6.45, 7) is 11.1. The van der Waals surface area contributed by atoms with Gasteiger partial charge in [0.2, 0.25) is 23.6 Å². The molecular weight excluding hydrogens is 873 g/mol. The van der Waals surface area contributed by atoms with Gasteiger partial charge in [-0.05, 0) is 72.6 Å². The van der Waals surface area contributed by atoms with Crippen molar-refractivity contribution in [2.24, 2.45) is 5.73 Å². The fraction of sp³-hybridized carbons (Fsp3) is 0.778. The van der Waals surface area contributed by atoms with Gasteiger partial charge in [-0.3, -0.25) is 43.1 Å². The molecular formula is C45H85F2N5O14. The Morgan fingerprint density at radius 3 is 1.48 bits per heavy atom. The number of nitrogens with one attached hydrogen (secondary N) is 4. The van der Waals surface area contributed by atoms with E-state index < -0.39 is 42.1 Å². The Morgan fingerprint density at radius 1 is 0.606 bits per heavy atom. The second-order valence-corrected chi connectivity index (χ2v) is 15.8. The first-order chi connectivity index (χ1) is 31.7. The second-order valence-electron chi connectivity index (χ2n) is 15.8. The first-order valence-electron chi connectivity index (χ1n) is 23.6. The molecule has 4 atom stereocenters. The van der Waals surface area contributed by atoms with Gasteiger partial charge in [-0.2, -0.15) is 0 Å². The standard InChI is InChI=1S/C22H39N3O6.C14H23NO5.C9H19NO.FHO.FH.H2O/c1-3-4-5-6-11-18(25-20(28)13-14-21(29)30)22(31)23-15-8-7-10-17(2)24-19(27)12-9-16-26;1-10(16)6-4-3-5-7-12(11(2)17)15-13(18)8-9-14(19)20;1-3-4-5-6-7-9(10)8(2)11;1-2;;/h16-18H,3-15H2,1-2H3,(H,23,31)(H,24,27)(H,25,28)(H,29,30);12H,3-9H2,1-2H3,(H,15,18)(H,19,20);9H,3-7,10H2,1-2H3;2H;1H;1H2/i16D;;;;;/hD. The van der Waals surface area contributed by atoms with Gasteiger partial charge in [0.1, 0.15) is 25.2 Å². The number of amides is 4. The van der Waals surface area contributed by atoms with Crippen molar-refractivity contribution in [2.75, 3.05) is 6.54 Å². The molecule has 0 heterocycles. The van der Waals surface area contributed by atoms with Crippen LogP contribution in [0.15, 0.2) is 0 Å². The third kappa shape index (κ3) is 53.6. The van der Waals surface area contributed by atoms with E-state index in [9.17, 15) is 47.9 Å². The molecule has 0 spiro atoms. The van der Waals surface area contributed by atoms with Gasteiger partial charge in [0.25, 0.3) is 1.45 Å². The molecule has 66 heavy (non-hydrogen) atoms. The highest BCUT2D eigenvalue weighted by Gasteiger charge is 2.21. The molecule has 0 aliphatic carbocycles. The van der Waals surface area contributed by atoms with Crippen LogP contribution < -0.4 is 27.0 Å². The first-order valence-corrected chi connectivity index (χ1v) is 22.7. The van der Waals surface area contributed by atoms with Crippen molar-refractivity contribution in [3.05, 3.63) is 0 Å². The minimum absolute atomic E-state index is 0. The van der Waals surface area contributed by atoms with Gasteiger partial charge in [0.05, 0.1) is 24.9 Å². The third-order valence-corrected chi connectivity index (χ3v) is 9.59. The Hall–Kier alpha value is -4.76. The lowest BCUT2D eigenvalue weighted by Crippen LogP contribution is -2.47. The Kier molecular flexibility index (Phi) is 52.6.